The lowest BCUT2D eigenvalue weighted by molar-refractivity contribution is -0.116. The molecule has 2 aromatic heterocycles. The lowest BCUT2D eigenvalue weighted by Crippen LogP contribution is -2.12. The van der Waals surface area contributed by atoms with Crippen molar-refractivity contribution in [3.63, 3.8) is 0 Å². The first kappa shape index (κ1) is 24.1. The minimum absolute atomic E-state index is 0.162. The van der Waals surface area contributed by atoms with Gasteiger partial charge in [-0.05, 0) is 71.2 Å². The van der Waals surface area contributed by atoms with Gasteiger partial charge in [-0.3, -0.25) is 9.18 Å². The molecule has 0 aliphatic heterocycles. The summed E-state index contributed by atoms with van der Waals surface area (Å²) < 4.78 is 34.0. The SMILES string of the molecule is O=C(CCc1nc(-c2ccc(F)cc2Br)no1)Nc1ccc2c(c1)c1ccccc1n2CCCCF. The van der Waals surface area contributed by atoms with Crippen LogP contribution in [0.4, 0.5) is 14.5 Å². The Kier molecular flexibility index (Phi) is 7.09. The number of carbonyl (C=O) groups excluding carboxylic acids is 1. The number of nitrogens with one attached hydrogen (secondary N) is 1. The van der Waals surface area contributed by atoms with Crippen molar-refractivity contribution in [1.82, 2.24) is 14.7 Å². The number of unbranched alkanes of at least 4 members (excludes halogenated alkanes) is 1. The summed E-state index contributed by atoms with van der Waals surface area (Å²) in [5.41, 5.74) is 3.45. The molecule has 0 unspecified atom stereocenters. The summed E-state index contributed by atoms with van der Waals surface area (Å²) >= 11 is 3.30. The molecule has 1 N–H and O–H groups in total. The Morgan fingerprint density at radius 3 is 2.69 bits per heavy atom. The van der Waals surface area contributed by atoms with Crippen molar-refractivity contribution in [2.75, 3.05) is 12.0 Å². The number of halogens is 3. The minimum atomic E-state index is -0.370. The highest BCUT2D eigenvalue weighted by Gasteiger charge is 2.15. The van der Waals surface area contributed by atoms with Crippen LogP contribution >= 0.6 is 15.9 Å². The number of nitrogens with zero attached hydrogens (tertiary/aromatic N) is 3. The number of rotatable bonds is 9. The largest absolute Gasteiger partial charge is 0.340 e. The average molecular weight is 553 g/mol. The number of aryl methyl sites for hydroxylation is 2. The van der Waals surface area contributed by atoms with Crippen LogP contribution in [0, 0.1) is 5.82 Å². The lowest BCUT2D eigenvalue weighted by atomic mass is 10.1. The molecular formula is C27H23BrF2N4O2. The normalized spacial score (nSPS) is 11.4. The second kappa shape index (κ2) is 10.6. The molecule has 36 heavy (non-hydrogen) atoms. The van der Waals surface area contributed by atoms with Gasteiger partial charge in [-0.15, -0.1) is 0 Å². The Morgan fingerprint density at radius 1 is 1.03 bits per heavy atom. The average Bonchev–Trinajstić information content (AvgIpc) is 3.46. The van der Waals surface area contributed by atoms with E-state index < -0.39 is 0 Å². The summed E-state index contributed by atoms with van der Waals surface area (Å²) in [4.78, 5) is 17.0. The predicted molar refractivity (Wildman–Crippen MR) is 139 cm³/mol. The molecule has 0 spiro atoms. The summed E-state index contributed by atoms with van der Waals surface area (Å²) in [5.74, 6) is 0.100. The van der Waals surface area contributed by atoms with E-state index in [1.165, 1.54) is 12.1 Å². The van der Waals surface area contributed by atoms with Crippen LogP contribution in [-0.2, 0) is 17.8 Å². The Bertz CT molecular complexity index is 1550. The molecule has 2 heterocycles. The van der Waals surface area contributed by atoms with E-state index in [2.05, 4.69) is 48.1 Å². The zero-order chi connectivity index (χ0) is 25.1. The van der Waals surface area contributed by atoms with Gasteiger partial charge >= 0.3 is 0 Å². The predicted octanol–water partition coefficient (Wildman–Crippen LogP) is 7.07. The summed E-state index contributed by atoms with van der Waals surface area (Å²) in [6.45, 7) is 0.419. The lowest BCUT2D eigenvalue weighted by Gasteiger charge is -2.08. The van der Waals surface area contributed by atoms with Crippen LogP contribution < -0.4 is 5.32 Å². The highest BCUT2D eigenvalue weighted by Crippen LogP contribution is 2.31. The number of fused-ring (bicyclic) bond motifs is 3. The molecular weight excluding hydrogens is 530 g/mol. The van der Waals surface area contributed by atoms with Gasteiger partial charge in [0, 0.05) is 56.9 Å². The Morgan fingerprint density at radius 2 is 1.86 bits per heavy atom. The first-order valence-corrected chi connectivity index (χ1v) is 12.5. The molecule has 0 saturated carbocycles. The maximum absolute atomic E-state index is 13.3. The molecule has 5 rings (SSSR count). The first-order chi connectivity index (χ1) is 17.5. The molecule has 0 radical (unpaired) electrons. The zero-order valence-electron chi connectivity index (χ0n) is 19.3. The maximum atomic E-state index is 13.3. The summed E-state index contributed by atoms with van der Waals surface area (Å²) in [5, 5.41) is 9.01. The Labute approximate surface area is 214 Å². The van der Waals surface area contributed by atoms with Crippen LogP contribution in [0.3, 0.4) is 0 Å². The van der Waals surface area contributed by atoms with Crippen LogP contribution in [0.25, 0.3) is 33.2 Å². The van der Waals surface area contributed by atoms with Crippen molar-refractivity contribution in [2.45, 2.75) is 32.2 Å². The van der Waals surface area contributed by atoms with Gasteiger partial charge in [0.2, 0.25) is 17.6 Å². The molecule has 9 heteroatoms. The van der Waals surface area contributed by atoms with Gasteiger partial charge in [0.1, 0.15) is 5.82 Å². The maximum Gasteiger partial charge on any atom is 0.227 e. The van der Waals surface area contributed by atoms with Crippen LogP contribution in [-0.4, -0.2) is 27.3 Å². The van der Waals surface area contributed by atoms with Crippen LogP contribution in [0.2, 0.25) is 0 Å². The van der Waals surface area contributed by atoms with Gasteiger partial charge in [-0.25, -0.2) is 4.39 Å². The quantitative estimate of drug-likeness (QED) is 0.198. The van der Waals surface area contributed by atoms with E-state index in [-0.39, 0.29) is 31.2 Å². The molecule has 5 aromatic rings. The number of aromatic nitrogens is 3. The number of anilines is 1. The molecule has 6 nitrogen and oxygen atoms in total. The highest BCUT2D eigenvalue weighted by atomic mass is 79.9. The smallest absolute Gasteiger partial charge is 0.227 e. The van der Waals surface area contributed by atoms with Gasteiger partial charge in [0.05, 0.1) is 6.67 Å². The third-order valence-corrected chi connectivity index (χ3v) is 6.68. The number of para-hydroxylation sites is 1. The Balaban J connectivity index is 1.28. The van der Waals surface area contributed by atoms with Crippen molar-refractivity contribution in [3.05, 3.63) is 76.8 Å². The molecule has 0 bridgehead atoms. The van der Waals surface area contributed by atoms with Gasteiger partial charge in [-0.2, -0.15) is 4.98 Å². The van der Waals surface area contributed by atoms with E-state index in [4.69, 9.17) is 4.52 Å². The molecule has 0 aliphatic rings. The van der Waals surface area contributed by atoms with Crippen molar-refractivity contribution >= 4 is 49.3 Å². The Hall–Kier alpha value is -3.59. The number of hydrogen-bond acceptors (Lipinski definition) is 4. The van der Waals surface area contributed by atoms with E-state index in [0.29, 0.717) is 33.9 Å². The first-order valence-electron chi connectivity index (χ1n) is 11.7. The topological polar surface area (TPSA) is 72.9 Å². The summed E-state index contributed by atoms with van der Waals surface area (Å²) in [7, 11) is 0. The second-order valence-electron chi connectivity index (χ2n) is 8.48. The minimum Gasteiger partial charge on any atom is -0.340 e. The van der Waals surface area contributed by atoms with Crippen molar-refractivity contribution in [2.24, 2.45) is 0 Å². The van der Waals surface area contributed by atoms with Crippen molar-refractivity contribution in [3.8, 4) is 11.4 Å². The van der Waals surface area contributed by atoms with Crippen LogP contribution in [0.1, 0.15) is 25.2 Å². The van der Waals surface area contributed by atoms with Crippen molar-refractivity contribution in [1.29, 1.82) is 0 Å². The number of amides is 1. The second-order valence-corrected chi connectivity index (χ2v) is 9.34. The van der Waals surface area contributed by atoms with E-state index >= 15 is 0 Å². The molecule has 0 atom stereocenters. The summed E-state index contributed by atoms with van der Waals surface area (Å²) in [6, 6.07) is 18.2. The molecule has 0 fully saturated rings. The fourth-order valence-corrected chi connectivity index (χ4v) is 4.85. The van der Waals surface area contributed by atoms with E-state index in [1.807, 2.05) is 30.3 Å². The van der Waals surface area contributed by atoms with Crippen molar-refractivity contribution < 1.29 is 18.1 Å². The van der Waals surface area contributed by atoms with E-state index in [1.54, 1.807) is 6.07 Å². The fourth-order valence-electron chi connectivity index (χ4n) is 4.32. The molecule has 184 valence electrons. The third-order valence-electron chi connectivity index (χ3n) is 6.03. The van der Waals surface area contributed by atoms with Gasteiger partial charge in [0.15, 0.2) is 0 Å². The van der Waals surface area contributed by atoms with Gasteiger partial charge in [-0.1, -0.05) is 23.4 Å². The highest BCUT2D eigenvalue weighted by molar-refractivity contribution is 9.10. The molecule has 0 saturated heterocycles. The number of hydrogen-bond donors (Lipinski definition) is 1. The van der Waals surface area contributed by atoms with Gasteiger partial charge in [0.25, 0.3) is 0 Å². The number of carbonyl (C=O) groups is 1. The van der Waals surface area contributed by atoms with Gasteiger partial charge < -0.3 is 14.4 Å². The monoisotopic (exact) mass is 552 g/mol. The molecule has 1 amide bonds. The molecule has 0 aliphatic carbocycles. The molecule has 3 aromatic carbocycles. The number of benzene rings is 3. The van der Waals surface area contributed by atoms with E-state index in [0.717, 1.165) is 34.8 Å². The van der Waals surface area contributed by atoms with E-state index in [9.17, 15) is 13.6 Å². The number of alkyl halides is 1. The summed E-state index contributed by atoms with van der Waals surface area (Å²) in [6.07, 6.45) is 1.73. The third kappa shape index (κ3) is 5.02. The van der Waals surface area contributed by atoms with Crippen LogP contribution in [0.15, 0.2) is 69.7 Å². The fraction of sp³-hybridized carbons (Fsp3) is 0.222. The zero-order valence-corrected chi connectivity index (χ0v) is 20.9. The standard InChI is InChI=1S/C27H23BrF2N4O2/c28-22-15-17(30)7-9-20(22)27-32-26(36-33-27)12-11-25(35)31-18-8-10-24-21(16-18)19-5-1-2-6-23(19)34(24)14-4-3-13-29/h1-2,5-10,15-16H,3-4,11-14H2,(H,31,35). The van der Waals surface area contributed by atoms with Crippen LogP contribution in [0.5, 0.6) is 0 Å².